The first-order valence-corrected chi connectivity index (χ1v) is 4.74. The molecule has 0 saturated carbocycles. The minimum atomic E-state index is -0.127. The van der Waals surface area contributed by atoms with E-state index in [1.165, 1.54) is 0 Å². The van der Waals surface area contributed by atoms with Crippen LogP contribution in [0.3, 0.4) is 0 Å². The van der Waals surface area contributed by atoms with Gasteiger partial charge < -0.3 is 0 Å². The van der Waals surface area contributed by atoms with Crippen molar-refractivity contribution in [2.75, 3.05) is 0 Å². The van der Waals surface area contributed by atoms with Gasteiger partial charge in [-0.05, 0) is 35.1 Å². The highest BCUT2D eigenvalue weighted by Gasteiger charge is 2.12. The SMILES string of the molecule is [2H]c1c([2H])c([2H])c2c(c1[2H])Cc1ccccc1C2. The van der Waals surface area contributed by atoms with E-state index in [2.05, 4.69) is 0 Å². The summed E-state index contributed by atoms with van der Waals surface area (Å²) in [4.78, 5) is 0. The van der Waals surface area contributed by atoms with Gasteiger partial charge >= 0.3 is 0 Å². The lowest BCUT2D eigenvalue weighted by atomic mass is 9.86. The molecule has 0 saturated heterocycles. The molecule has 2 aromatic carbocycles. The standard InChI is InChI=1S/C14H12/c1-2-6-12-10-14-8-4-3-7-13(14)9-11(12)5-1/h1-8H,9-10H2/i1D,2D,5D,6D. The Morgan fingerprint density at radius 1 is 0.786 bits per heavy atom. The summed E-state index contributed by atoms with van der Waals surface area (Å²) >= 11 is 0. The smallest absolute Gasteiger partial charge is 0.0620 e. The van der Waals surface area contributed by atoms with Crippen LogP contribution in [0, 0.1) is 0 Å². The van der Waals surface area contributed by atoms with Crippen LogP contribution in [0.25, 0.3) is 0 Å². The lowest BCUT2D eigenvalue weighted by Crippen LogP contribution is -2.06. The summed E-state index contributed by atoms with van der Waals surface area (Å²) in [6, 6.07) is 7.96. The van der Waals surface area contributed by atoms with E-state index in [4.69, 9.17) is 5.48 Å². The van der Waals surface area contributed by atoms with Crippen LogP contribution in [-0.2, 0) is 12.8 Å². The normalized spacial score (nSPS) is 17.1. The monoisotopic (exact) mass is 184 g/mol. The molecule has 3 rings (SSSR count). The zero-order valence-corrected chi connectivity index (χ0v) is 7.72. The molecule has 0 radical (unpaired) electrons. The lowest BCUT2D eigenvalue weighted by Gasteiger charge is -2.18. The van der Waals surface area contributed by atoms with Crippen molar-refractivity contribution in [2.24, 2.45) is 0 Å². The van der Waals surface area contributed by atoms with Crippen molar-refractivity contribution in [1.29, 1.82) is 0 Å². The molecule has 0 nitrogen and oxygen atoms in total. The molecule has 0 amide bonds. The fourth-order valence-corrected chi connectivity index (χ4v) is 1.95. The second-order valence-electron chi connectivity index (χ2n) is 3.58. The van der Waals surface area contributed by atoms with Crippen LogP contribution in [0.5, 0.6) is 0 Å². The third-order valence-electron chi connectivity index (χ3n) is 2.71. The molecule has 14 heavy (non-hydrogen) atoms. The van der Waals surface area contributed by atoms with Crippen molar-refractivity contribution in [3.63, 3.8) is 0 Å². The van der Waals surface area contributed by atoms with Gasteiger partial charge in [0.25, 0.3) is 0 Å². The van der Waals surface area contributed by atoms with Gasteiger partial charge in [-0.3, -0.25) is 0 Å². The summed E-state index contributed by atoms with van der Waals surface area (Å²) in [6.07, 6.45) is 1.20. The lowest BCUT2D eigenvalue weighted by molar-refractivity contribution is 1.00. The van der Waals surface area contributed by atoms with Gasteiger partial charge in [-0.1, -0.05) is 48.4 Å². The van der Waals surface area contributed by atoms with Crippen LogP contribution in [0.1, 0.15) is 27.7 Å². The van der Waals surface area contributed by atoms with Crippen LogP contribution < -0.4 is 0 Å². The number of hydrogen-bond acceptors (Lipinski definition) is 0. The van der Waals surface area contributed by atoms with Gasteiger partial charge in [-0.25, -0.2) is 0 Å². The molecule has 0 spiro atoms. The average molecular weight is 184 g/mol. The van der Waals surface area contributed by atoms with E-state index in [1.54, 1.807) is 0 Å². The minimum Gasteiger partial charge on any atom is -0.0620 e. The van der Waals surface area contributed by atoms with Crippen LogP contribution in [0.2, 0.25) is 0 Å². The summed E-state index contributed by atoms with van der Waals surface area (Å²) in [7, 11) is 0. The summed E-state index contributed by atoms with van der Waals surface area (Å²) in [5.74, 6) is 0. The van der Waals surface area contributed by atoms with E-state index in [0.717, 1.165) is 22.3 Å². The Labute approximate surface area is 89.8 Å². The molecule has 0 aromatic heterocycles. The van der Waals surface area contributed by atoms with Gasteiger partial charge in [-0.15, -0.1) is 0 Å². The van der Waals surface area contributed by atoms with E-state index < -0.39 is 0 Å². The molecule has 0 N–H and O–H groups in total. The third-order valence-corrected chi connectivity index (χ3v) is 2.71. The zero-order chi connectivity index (χ0) is 12.9. The highest BCUT2D eigenvalue weighted by Crippen LogP contribution is 2.26. The summed E-state index contributed by atoms with van der Waals surface area (Å²) < 4.78 is 31.4. The Morgan fingerprint density at radius 3 is 1.79 bits per heavy atom. The third kappa shape index (κ3) is 1.15. The Bertz CT molecular complexity index is 591. The molecule has 2 aromatic rings. The highest BCUT2D eigenvalue weighted by molar-refractivity contribution is 5.44. The molecule has 0 aliphatic heterocycles. The molecule has 0 heterocycles. The van der Waals surface area contributed by atoms with Crippen LogP contribution in [-0.4, -0.2) is 0 Å². The van der Waals surface area contributed by atoms with Crippen molar-refractivity contribution < 1.29 is 5.48 Å². The first-order valence-electron chi connectivity index (χ1n) is 6.74. The molecular weight excluding hydrogens is 168 g/mol. The molecule has 1 aliphatic carbocycles. The Morgan fingerprint density at radius 2 is 1.29 bits per heavy atom. The molecule has 0 fully saturated rings. The molecule has 0 bridgehead atoms. The van der Waals surface area contributed by atoms with Gasteiger partial charge in [0.1, 0.15) is 0 Å². The predicted octanol–water partition coefficient (Wildman–Crippen LogP) is 3.18. The maximum atomic E-state index is 7.96. The van der Waals surface area contributed by atoms with Gasteiger partial charge in [0, 0.05) is 0 Å². The zero-order valence-electron chi connectivity index (χ0n) is 11.7. The molecule has 0 heteroatoms. The molecule has 68 valence electrons. The van der Waals surface area contributed by atoms with Crippen molar-refractivity contribution >= 4 is 0 Å². The number of rotatable bonds is 0. The summed E-state index contributed by atoms with van der Waals surface area (Å²) in [6.45, 7) is 0. The Hall–Kier alpha value is -1.56. The number of hydrogen-bond donors (Lipinski definition) is 0. The van der Waals surface area contributed by atoms with Crippen molar-refractivity contribution in [3.8, 4) is 0 Å². The van der Waals surface area contributed by atoms with Gasteiger partial charge in [0.2, 0.25) is 0 Å². The van der Waals surface area contributed by atoms with Crippen molar-refractivity contribution in [3.05, 3.63) is 70.7 Å². The highest BCUT2D eigenvalue weighted by atomic mass is 14.2. The second-order valence-corrected chi connectivity index (χ2v) is 3.58. The van der Waals surface area contributed by atoms with Gasteiger partial charge in [0.05, 0.1) is 5.48 Å². The summed E-state index contributed by atoms with van der Waals surface area (Å²) in [5.41, 5.74) is 3.82. The first-order chi connectivity index (χ1) is 8.59. The predicted molar refractivity (Wildman–Crippen MR) is 58.5 cm³/mol. The van der Waals surface area contributed by atoms with Gasteiger partial charge in [-0.2, -0.15) is 0 Å². The largest absolute Gasteiger partial charge is 0.0626 e. The number of benzene rings is 2. The Kier molecular flexibility index (Phi) is 1.02. The fraction of sp³-hybridized carbons (Fsp3) is 0.143. The van der Waals surface area contributed by atoms with E-state index in [-0.39, 0.29) is 24.2 Å². The Balaban J connectivity index is 2.25. The van der Waals surface area contributed by atoms with E-state index in [0.29, 0.717) is 12.8 Å². The first kappa shape index (κ1) is 4.79. The quantitative estimate of drug-likeness (QED) is 0.503. The minimum absolute atomic E-state index is 0.112. The maximum Gasteiger partial charge on any atom is 0.0626 e. The second kappa shape index (κ2) is 2.98. The van der Waals surface area contributed by atoms with E-state index in [1.807, 2.05) is 24.3 Å². The van der Waals surface area contributed by atoms with E-state index in [9.17, 15) is 0 Å². The van der Waals surface area contributed by atoms with E-state index >= 15 is 0 Å². The number of fused-ring (bicyclic) bond motifs is 2. The average Bonchev–Trinajstić information content (AvgIpc) is 2.41. The molecule has 0 unspecified atom stereocenters. The van der Waals surface area contributed by atoms with Crippen molar-refractivity contribution in [1.82, 2.24) is 0 Å². The van der Waals surface area contributed by atoms with Crippen LogP contribution >= 0.6 is 0 Å². The molecule has 0 atom stereocenters. The van der Waals surface area contributed by atoms with Crippen LogP contribution in [0.4, 0.5) is 0 Å². The maximum absolute atomic E-state index is 7.96. The molecule has 1 aliphatic rings. The van der Waals surface area contributed by atoms with Crippen molar-refractivity contribution in [2.45, 2.75) is 12.8 Å². The van der Waals surface area contributed by atoms with Gasteiger partial charge in [0.15, 0.2) is 0 Å². The van der Waals surface area contributed by atoms with Crippen LogP contribution in [0.15, 0.2) is 48.4 Å². The fourth-order valence-electron chi connectivity index (χ4n) is 1.95. The molecular formula is C14H12. The summed E-state index contributed by atoms with van der Waals surface area (Å²) in [5, 5.41) is 0. The topological polar surface area (TPSA) is 0 Å².